The van der Waals surface area contributed by atoms with Gasteiger partial charge in [-0.25, -0.2) is 0 Å². The van der Waals surface area contributed by atoms with E-state index in [1.54, 1.807) is 0 Å². The van der Waals surface area contributed by atoms with E-state index in [1.165, 1.54) is 0 Å². The number of amides is 1. The van der Waals surface area contributed by atoms with Crippen LogP contribution < -0.4 is 0 Å². The number of ether oxygens (including phenoxy) is 1. The molecular weight excluding hydrogens is 452 g/mol. The molecule has 0 spiro atoms. The highest BCUT2D eigenvalue weighted by Crippen LogP contribution is 2.38. The van der Waals surface area contributed by atoms with Crippen LogP contribution in [-0.2, 0) is 14.9 Å². The van der Waals surface area contributed by atoms with Gasteiger partial charge in [-0.15, -0.1) is 0 Å². The molecule has 3 heterocycles. The molecule has 7 nitrogen and oxygen atoms in total. The van der Waals surface area contributed by atoms with Crippen molar-refractivity contribution in [3.8, 4) is 11.4 Å². The molecule has 8 heteroatoms. The fourth-order valence-electron chi connectivity index (χ4n) is 5.00. The number of carbonyl (C=O) groups is 1. The van der Waals surface area contributed by atoms with E-state index in [4.69, 9.17) is 20.9 Å². The zero-order valence-corrected chi connectivity index (χ0v) is 20.1. The fourth-order valence-corrected chi connectivity index (χ4v) is 5.12. The fraction of sp³-hybridized carbons (Fsp3) is 0.423. The molecule has 1 amide bonds. The lowest BCUT2D eigenvalue weighted by atomic mass is 9.73. The number of hydrogen-bond donors (Lipinski definition) is 0. The molecule has 0 radical (unpaired) electrons. The summed E-state index contributed by atoms with van der Waals surface area (Å²) in [5.41, 5.74) is 1.41. The Morgan fingerprint density at radius 1 is 1.00 bits per heavy atom. The van der Waals surface area contributed by atoms with Gasteiger partial charge in [0.1, 0.15) is 0 Å². The number of nitrogens with zero attached hydrogens (tertiary/aromatic N) is 4. The third-order valence-corrected chi connectivity index (χ3v) is 7.38. The lowest BCUT2D eigenvalue weighted by Gasteiger charge is -2.43. The predicted molar refractivity (Wildman–Crippen MR) is 129 cm³/mol. The van der Waals surface area contributed by atoms with Gasteiger partial charge < -0.3 is 14.2 Å². The van der Waals surface area contributed by atoms with E-state index in [-0.39, 0.29) is 11.9 Å². The van der Waals surface area contributed by atoms with Gasteiger partial charge in [0.25, 0.3) is 0 Å². The van der Waals surface area contributed by atoms with Crippen LogP contribution in [0.4, 0.5) is 0 Å². The number of halogens is 1. The number of benzene rings is 2. The molecule has 34 heavy (non-hydrogen) atoms. The average Bonchev–Trinajstić information content (AvgIpc) is 3.40. The lowest BCUT2D eigenvalue weighted by Crippen LogP contribution is -2.56. The SMILES string of the molecule is CC(c1nc(-c2ccccc2)no1)N1CCN(C(=O)C2(c3ccc(Cl)cc3)CCOCC2)CC1. The van der Waals surface area contributed by atoms with Gasteiger partial charge in [-0.05, 0) is 37.5 Å². The summed E-state index contributed by atoms with van der Waals surface area (Å²) in [6.07, 6.45) is 1.38. The van der Waals surface area contributed by atoms with Crippen LogP contribution in [0.15, 0.2) is 59.1 Å². The van der Waals surface area contributed by atoms with Crippen molar-refractivity contribution < 1.29 is 14.1 Å². The van der Waals surface area contributed by atoms with Crippen molar-refractivity contribution in [1.82, 2.24) is 19.9 Å². The maximum Gasteiger partial charge on any atom is 0.244 e. The second-order valence-electron chi connectivity index (χ2n) is 9.03. The first-order valence-corrected chi connectivity index (χ1v) is 12.2. The quantitative estimate of drug-likeness (QED) is 0.541. The Kier molecular flexibility index (Phi) is 6.68. The monoisotopic (exact) mass is 480 g/mol. The first-order valence-electron chi connectivity index (χ1n) is 11.8. The second-order valence-corrected chi connectivity index (χ2v) is 9.46. The predicted octanol–water partition coefficient (Wildman–Crippen LogP) is 4.34. The molecule has 1 unspecified atom stereocenters. The van der Waals surface area contributed by atoms with Crippen LogP contribution in [0.3, 0.4) is 0 Å². The highest BCUT2D eigenvalue weighted by atomic mass is 35.5. The van der Waals surface area contributed by atoms with E-state index >= 15 is 0 Å². The summed E-state index contributed by atoms with van der Waals surface area (Å²) >= 11 is 6.11. The summed E-state index contributed by atoms with van der Waals surface area (Å²) in [4.78, 5) is 22.8. The van der Waals surface area contributed by atoms with Crippen LogP contribution in [0, 0.1) is 0 Å². The van der Waals surface area contributed by atoms with Gasteiger partial charge in [0, 0.05) is 50.0 Å². The summed E-state index contributed by atoms with van der Waals surface area (Å²) in [6.45, 7) is 6.09. The molecule has 0 N–H and O–H groups in total. The Morgan fingerprint density at radius 2 is 1.68 bits per heavy atom. The maximum atomic E-state index is 13.8. The number of aromatic nitrogens is 2. The minimum absolute atomic E-state index is 0.0180. The molecule has 2 aliphatic rings. The van der Waals surface area contributed by atoms with Crippen LogP contribution in [0.5, 0.6) is 0 Å². The molecule has 178 valence electrons. The Labute approximate surface area is 204 Å². The number of piperazine rings is 1. The van der Waals surface area contributed by atoms with E-state index in [0.717, 1.165) is 24.2 Å². The molecule has 0 bridgehead atoms. The van der Waals surface area contributed by atoms with Crippen molar-refractivity contribution in [1.29, 1.82) is 0 Å². The van der Waals surface area contributed by atoms with Gasteiger partial charge in [-0.1, -0.05) is 59.2 Å². The molecule has 2 aliphatic heterocycles. The molecule has 0 saturated carbocycles. The average molecular weight is 481 g/mol. The summed E-state index contributed by atoms with van der Waals surface area (Å²) in [7, 11) is 0. The lowest BCUT2D eigenvalue weighted by molar-refractivity contribution is -0.143. The minimum Gasteiger partial charge on any atom is -0.381 e. The molecule has 2 aromatic carbocycles. The van der Waals surface area contributed by atoms with Crippen molar-refractivity contribution in [2.45, 2.75) is 31.2 Å². The van der Waals surface area contributed by atoms with Gasteiger partial charge in [0.2, 0.25) is 17.6 Å². The molecule has 5 rings (SSSR count). The smallest absolute Gasteiger partial charge is 0.244 e. The second kappa shape index (κ2) is 9.86. The largest absolute Gasteiger partial charge is 0.381 e. The van der Waals surface area contributed by atoms with Gasteiger partial charge in [-0.3, -0.25) is 9.69 Å². The molecule has 2 saturated heterocycles. The number of hydrogen-bond acceptors (Lipinski definition) is 6. The number of rotatable bonds is 5. The van der Waals surface area contributed by atoms with Crippen LogP contribution >= 0.6 is 11.6 Å². The van der Waals surface area contributed by atoms with Crippen molar-refractivity contribution in [3.63, 3.8) is 0 Å². The van der Waals surface area contributed by atoms with E-state index in [2.05, 4.69) is 22.0 Å². The topological polar surface area (TPSA) is 71.7 Å². The zero-order valence-electron chi connectivity index (χ0n) is 19.3. The Morgan fingerprint density at radius 3 is 2.35 bits per heavy atom. The summed E-state index contributed by atoms with van der Waals surface area (Å²) in [5, 5.41) is 4.84. The van der Waals surface area contributed by atoms with Gasteiger partial charge >= 0.3 is 0 Å². The summed E-state index contributed by atoms with van der Waals surface area (Å²) in [6, 6.07) is 17.5. The molecular formula is C26H29ClN4O3. The zero-order chi connectivity index (χ0) is 23.5. The van der Waals surface area contributed by atoms with Crippen LogP contribution in [0.1, 0.15) is 37.3 Å². The van der Waals surface area contributed by atoms with E-state index in [0.29, 0.717) is 55.9 Å². The summed E-state index contributed by atoms with van der Waals surface area (Å²) in [5.74, 6) is 1.39. The number of carbonyl (C=O) groups excluding carboxylic acids is 1. The van der Waals surface area contributed by atoms with Crippen LogP contribution in [0.2, 0.25) is 5.02 Å². The maximum absolute atomic E-state index is 13.8. The first-order chi connectivity index (χ1) is 16.6. The molecule has 1 aromatic heterocycles. The standard InChI is InChI=1S/C26H29ClN4O3/c1-19(24-28-23(29-34-24)20-5-3-2-4-6-20)30-13-15-31(16-14-30)25(32)26(11-17-33-18-12-26)21-7-9-22(27)10-8-21/h2-10,19H,11-18H2,1H3. The van der Waals surface area contributed by atoms with E-state index in [1.807, 2.05) is 59.5 Å². The van der Waals surface area contributed by atoms with E-state index in [9.17, 15) is 4.79 Å². The van der Waals surface area contributed by atoms with Crippen molar-refractivity contribution in [2.24, 2.45) is 0 Å². The minimum atomic E-state index is -0.548. The Hall–Kier alpha value is -2.74. The first kappa shape index (κ1) is 23.0. The van der Waals surface area contributed by atoms with Crippen molar-refractivity contribution in [2.75, 3.05) is 39.4 Å². The molecule has 1 atom stereocenters. The Bertz CT molecular complexity index is 1100. The van der Waals surface area contributed by atoms with Crippen molar-refractivity contribution >= 4 is 17.5 Å². The highest BCUT2D eigenvalue weighted by Gasteiger charge is 2.44. The normalized spacial score (nSPS) is 19.6. The van der Waals surface area contributed by atoms with E-state index < -0.39 is 5.41 Å². The van der Waals surface area contributed by atoms with Gasteiger partial charge in [-0.2, -0.15) is 4.98 Å². The summed E-state index contributed by atoms with van der Waals surface area (Å²) < 4.78 is 11.2. The third-order valence-electron chi connectivity index (χ3n) is 7.13. The van der Waals surface area contributed by atoms with Gasteiger partial charge in [0.05, 0.1) is 11.5 Å². The molecule has 2 fully saturated rings. The van der Waals surface area contributed by atoms with Crippen molar-refractivity contribution in [3.05, 3.63) is 71.1 Å². The Balaban J connectivity index is 1.26. The molecule has 3 aromatic rings. The van der Waals surface area contributed by atoms with Crippen LogP contribution in [0.25, 0.3) is 11.4 Å². The highest BCUT2D eigenvalue weighted by molar-refractivity contribution is 6.30. The van der Waals surface area contributed by atoms with Gasteiger partial charge in [0.15, 0.2) is 0 Å². The third kappa shape index (κ3) is 4.48. The molecule has 0 aliphatic carbocycles. The van der Waals surface area contributed by atoms with Crippen LogP contribution in [-0.4, -0.2) is 65.2 Å².